The van der Waals surface area contributed by atoms with E-state index in [0.717, 1.165) is 25.7 Å². The summed E-state index contributed by atoms with van der Waals surface area (Å²) < 4.78 is 34.0. The summed E-state index contributed by atoms with van der Waals surface area (Å²) in [5.41, 5.74) is -0.802. The quantitative estimate of drug-likeness (QED) is 0.204. The smallest absolute Gasteiger partial charge is 0.309 e. The number of hydrogen-bond acceptors (Lipinski definition) is 9. The molecule has 0 aromatic heterocycles. The van der Waals surface area contributed by atoms with Gasteiger partial charge in [0.15, 0.2) is 0 Å². The van der Waals surface area contributed by atoms with Crippen molar-refractivity contribution < 1.29 is 42.8 Å². The van der Waals surface area contributed by atoms with Crippen LogP contribution in [0.1, 0.15) is 78.6 Å². The number of fused-ring (bicyclic) bond motifs is 2. The Kier molecular flexibility index (Phi) is 8.13. The molecule has 0 aromatic rings. The van der Waals surface area contributed by atoms with Gasteiger partial charge in [0.05, 0.1) is 59.8 Å². The van der Waals surface area contributed by atoms with Gasteiger partial charge in [-0.2, -0.15) is 0 Å². The Morgan fingerprint density at radius 3 is 1.73 bits per heavy atom. The summed E-state index contributed by atoms with van der Waals surface area (Å²) >= 11 is 0. The van der Waals surface area contributed by atoms with E-state index in [-0.39, 0.29) is 79.9 Å². The molecule has 5 fully saturated rings. The van der Waals surface area contributed by atoms with Crippen molar-refractivity contribution in [2.75, 3.05) is 19.8 Å². The van der Waals surface area contributed by atoms with Crippen molar-refractivity contribution in [3.63, 3.8) is 0 Å². The van der Waals surface area contributed by atoms with Gasteiger partial charge in [0, 0.05) is 0 Å². The zero-order chi connectivity index (χ0) is 26.2. The number of carbonyl (C=O) groups excluding carboxylic acids is 3. The lowest BCUT2D eigenvalue weighted by Crippen LogP contribution is -2.41. The number of hydrogen-bond donors (Lipinski definition) is 0. The van der Waals surface area contributed by atoms with E-state index in [4.69, 9.17) is 28.4 Å². The second-order valence-electron chi connectivity index (χ2n) is 11.8. The Bertz CT molecular complexity index is 815. The molecule has 0 bridgehead atoms. The molecule has 3 aliphatic heterocycles. The van der Waals surface area contributed by atoms with E-state index < -0.39 is 5.41 Å². The van der Waals surface area contributed by atoms with E-state index in [9.17, 15) is 14.4 Å². The Morgan fingerprint density at radius 2 is 1.30 bits per heavy atom. The van der Waals surface area contributed by atoms with Crippen LogP contribution in [0.25, 0.3) is 0 Å². The molecule has 2 saturated carbocycles. The highest BCUT2D eigenvalue weighted by molar-refractivity contribution is 5.74. The molecule has 208 valence electrons. The van der Waals surface area contributed by atoms with Crippen LogP contribution in [0.3, 0.4) is 0 Å². The van der Waals surface area contributed by atoms with Crippen LogP contribution in [0.5, 0.6) is 0 Å². The predicted octanol–water partition coefficient (Wildman–Crippen LogP) is 3.35. The Morgan fingerprint density at radius 1 is 0.784 bits per heavy atom. The first-order chi connectivity index (χ1) is 17.8. The Balaban J connectivity index is 1.18. The van der Waals surface area contributed by atoms with E-state index in [0.29, 0.717) is 44.3 Å². The normalized spacial score (nSPS) is 37.7. The van der Waals surface area contributed by atoms with E-state index in [1.807, 2.05) is 20.8 Å². The molecule has 3 saturated heterocycles. The maximum atomic E-state index is 12.9. The Labute approximate surface area is 219 Å². The maximum Gasteiger partial charge on any atom is 0.309 e. The predicted molar refractivity (Wildman–Crippen MR) is 130 cm³/mol. The minimum atomic E-state index is -0.802. The van der Waals surface area contributed by atoms with Gasteiger partial charge in [-0.15, -0.1) is 0 Å². The highest BCUT2D eigenvalue weighted by Crippen LogP contribution is 2.41. The van der Waals surface area contributed by atoms with Crippen LogP contribution in [0.4, 0.5) is 0 Å². The molecule has 9 nitrogen and oxygen atoms in total. The molecular weight excluding hydrogens is 480 g/mol. The van der Waals surface area contributed by atoms with Crippen LogP contribution >= 0.6 is 0 Å². The summed E-state index contributed by atoms with van der Waals surface area (Å²) in [7, 11) is 0. The van der Waals surface area contributed by atoms with E-state index in [2.05, 4.69) is 0 Å². The van der Waals surface area contributed by atoms with Crippen molar-refractivity contribution in [2.24, 2.45) is 23.2 Å². The van der Waals surface area contributed by atoms with Crippen LogP contribution in [-0.4, -0.2) is 74.4 Å². The van der Waals surface area contributed by atoms with Crippen molar-refractivity contribution in [3.05, 3.63) is 0 Å². The standard InChI is InChI=1S/C28H42O9/c1-4-17(10-22-16(3)35-22)25(29)32-13-28(5-2,14-33-26(30)18-6-8-20-23(11-18)36-20)15-34-27(31)19-7-9-21-24(12-19)37-21/h16-24H,4-15H2,1-3H3. The lowest BCUT2D eigenvalue weighted by molar-refractivity contribution is -0.168. The van der Waals surface area contributed by atoms with Crippen LogP contribution in [0.15, 0.2) is 0 Å². The van der Waals surface area contributed by atoms with Crippen molar-refractivity contribution in [2.45, 2.75) is 115 Å². The average Bonchev–Trinajstić information content (AvgIpc) is 3.81. The third kappa shape index (κ3) is 6.66. The summed E-state index contributed by atoms with van der Waals surface area (Å²) in [6, 6.07) is 0. The van der Waals surface area contributed by atoms with Gasteiger partial charge in [-0.1, -0.05) is 13.8 Å². The van der Waals surface area contributed by atoms with Crippen molar-refractivity contribution in [1.29, 1.82) is 0 Å². The number of rotatable bonds is 13. The van der Waals surface area contributed by atoms with Gasteiger partial charge >= 0.3 is 17.9 Å². The number of carbonyl (C=O) groups is 3. The molecule has 9 heteroatoms. The third-order valence-electron chi connectivity index (χ3n) is 9.17. The topological polar surface area (TPSA) is 116 Å². The summed E-state index contributed by atoms with van der Waals surface area (Å²) in [6.45, 7) is 6.00. The average molecular weight is 523 g/mol. The van der Waals surface area contributed by atoms with Crippen molar-refractivity contribution in [3.8, 4) is 0 Å². The molecular formula is C28H42O9. The molecule has 0 radical (unpaired) electrons. The van der Waals surface area contributed by atoms with Gasteiger partial charge in [0.25, 0.3) is 0 Å². The first kappa shape index (κ1) is 26.9. The molecule has 37 heavy (non-hydrogen) atoms. The number of ether oxygens (including phenoxy) is 6. The molecule has 0 amide bonds. The summed E-state index contributed by atoms with van der Waals surface area (Å²) in [5, 5.41) is 0. The zero-order valence-corrected chi connectivity index (χ0v) is 22.4. The first-order valence-corrected chi connectivity index (χ1v) is 14.3. The van der Waals surface area contributed by atoms with Crippen LogP contribution in [0.2, 0.25) is 0 Å². The minimum Gasteiger partial charge on any atom is -0.465 e. The lowest BCUT2D eigenvalue weighted by Gasteiger charge is -2.33. The molecule has 0 N–H and O–H groups in total. The lowest BCUT2D eigenvalue weighted by atomic mass is 9.86. The second kappa shape index (κ2) is 11.2. The third-order valence-corrected chi connectivity index (χ3v) is 9.17. The number of epoxide rings is 3. The molecule has 0 spiro atoms. The molecule has 0 aromatic carbocycles. The molecule has 9 atom stereocenters. The summed E-state index contributed by atoms with van der Waals surface area (Å²) in [4.78, 5) is 38.7. The minimum absolute atomic E-state index is 0.0252. The van der Waals surface area contributed by atoms with Gasteiger partial charge in [-0.3, -0.25) is 14.4 Å². The van der Waals surface area contributed by atoms with E-state index in [1.165, 1.54) is 0 Å². The van der Waals surface area contributed by atoms with Gasteiger partial charge < -0.3 is 28.4 Å². The Hall–Kier alpha value is -1.71. The fraction of sp³-hybridized carbons (Fsp3) is 0.893. The molecule has 5 rings (SSSR count). The van der Waals surface area contributed by atoms with Gasteiger partial charge in [0.2, 0.25) is 0 Å². The highest BCUT2D eigenvalue weighted by atomic mass is 16.6. The summed E-state index contributed by atoms with van der Waals surface area (Å²) in [6.07, 6.45) is 7.75. The van der Waals surface area contributed by atoms with Crippen molar-refractivity contribution in [1.82, 2.24) is 0 Å². The van der Waals surface area contributed by atoms with Gasteiger partial charge in [0.1, 0.15) is 19.8 Å². The van der Waals surface area contributed by atoms with E-state index >= 15 is 0 Å². The van der Waals surface area contributed by atoms with Crippen LogP contribution in [-0.2, 0) is 42.8 Å². The number of esters is 3. The SMILES string of the molecule is CCC(CC1OC1C)C(=O)OCC(CC)(COC(=O)C1CCC2OC2C1)COC(=O)C1CCC2OC2C1. The van der Waals surface area contributed by atoms with Gasteiger partial charge in [-0.25, -0.2) is 0 Å². The summed E-state index contributed by atoms with van der Waals surface area (Å²) in [5.74, 6) is -1.39. The monoisotopic (exact) mass is 522 g/mol. The first-order valence-electron chi connectivity index (χ1n) is 14.3. The van der Waals surface area contributed by atoms with Crippen LogP contribution in [0, 0.1) is 23.2 Å². The maximum absolute atomic E-state index is 12.9. The molecule has 9 unspecified atom stereocenters. The zero-order valence-electron chi connectivity index (χ0n) is 22.4. The van der Waals surface area contributed by atoms with E-state index in [1.54, 1.807) is 0 Å². The van der Waals surface area contributed by atoms with Crippen molar-refractivity contribution >= 4 is 17.9 Å². The second-order valence-corrected chi connectivity index (χ2v) is 11.8. The molecule has 3 heterocycles. The van der Waals surface area contributed by atoms with Crippen LogP contribution < -0.4 is 0 Å². The molecule has 2 aliphatic carbocycles. The fourth-order valence-electron chi connectivity index (χ4n) is 5.88. The largest absolute Gasteiger partial charge is 0.465 e. The molecule has 5 aliphatic rings. The van der Waals surface area contributed by atoms with Gasteiger partial charge in [-0.05, 0) is 64.7 Å². The highest BCUT2D eigenvalue weighted by Gasteiger charge is 2.48. The fourth-order valence-corrected chi connectivity index (χ4v) is 5.88.